The molecule has 5 nitrogen and oxygen atoms in total. The number of para-hydroxylation sites is 1. The van der Waals surface area contributed by atoms with Crippen LogP contribution in [-0.2, 0) is 4.74 Å². The summed E-state index contributed by atoms with van der Waals surface area (Å²) >= 11 is 1.79. The van der Waals surface area contributed by atoms with Crippen molar-refractivity contribution in [3.63, 3.8) is 0 Å². The van der Waals surface area contributed by atoms with Crippen molar-refractivity contribution in [2.45, 2.75) is 38.8 Å². The summed E-state index contributed by atoms with van der Waals surface area (Å²) in [5.74, 6) is 6.53. The molecule has 0 atom stereocenters. The lowest BCUT2D eigenvalue weighted by atomic mass is 10.1. The molecule has 2 aliphatic heterocycles. The Labute approximate surface area is 178 Å². The van der Waals surface area contributed by atoms with E-state index in [1.54, 1.807) is 11.3 Å². The van der Waals surface area contributed by atoms with Crippen molar-refractivity contribution in [2.75, 3.05) is 57.3 Å². The van der Waals surface area contributed by atoms with Gasteiger partial charge in [-0.2, -0.15) is 0 Å². The summed E-state index contributed by atoms with van der Waals surface area (Å²) < 4.78 is 7.29. The van der Waals surface area contributed by atoms with Gasteiger partial charge in [-0.1, -0.05) is 35.3 Å². The molecule has 29 heavy (non-hydrogen) atoms. The molecule has 0 spiro atoms. The maximum absolute atomic E-state index is 6.02. The van der Waals surface area contributed by atoms with Crippen LogP contribution in [0.3, 0.4) is 0 Å². The monoisotopic (exact) mass is 412 g/mol. The minimum Gasteiger partial charge on any atom is -0.365 e. The van der Waals surface area contributed by atoms with Crippen molar-refractivity contribution in [3.05, 3.63) is 24.3 Å². The Morgan fingerprint density at radius 1 is 1.07 bits per heavy atom. The van der Waals surface area contributed by atoms with Gasteiger partial charge in [0.05, 0.1) is 22.9 Å². The van der Waals surface area contributed by atoms with E-state index < -0.39 is 0 Å². The Bertz CT molecular complexity index is 806. The first-order valence-electron chi connectivity index (χ1n) is 10.8. The number of nitrogens with zero attached hydrogens (tertiary/aromatic N) is 4. The molecule has 4 rings (SSSR count). The van der Waals surface area contributed by atoms with Crippen LogP contribution in [0.5, 0.6) is 0 Å². The minimum absolute atomic E-state index is 0.324. The molecule has 0 unspecified atom stereocenters. The molecule has 2 aromatic rings. The zero-order chi connectivity index (χ0) is 20.1. The number of piperazine rings is 1. The molecule has 0 saturated carbocycles. The van der Waals surface area contributed by atoms with Crippen LogP contribution in [0.15, 0.2) is 24.3 Å². The second-order valence-electron chi connectivity index (χ2n) is 8.22. The van der Waals surface area contributed by atoms with Crippen molar-refractivity contribution < 1.29 is 4.74 Å². The van der Waals surface area contributed by atoms with Crippen molar-refractivity contribution >= 4 is 26.7 Å². The summed E-state index contributed by atoms with van der Waals surface area (Å²) in [6, 6.07) is 9.02. The van der Waals surface area contributed by atoms with Crippen LogP contribution in [-0.4, -0.2) is 79.3 Å². The number of fused-ring (bicyclic) bond motifs is 1. The molecule has 1 aromatic heterocycles. The lowest BCUT2D eigenvalue weighted by Gasteiger charge is -2.36. The molecule has 2 fully saturated rings. The fourth-order valence-corrected chi connectivity index (χ4v) is 5.04. The normalized spacial score (nSPS) is 19.6. The van der Waals surface area contributed by atoms with Crippen LogP contribution in [0.2, 0.25) is 0 Å². The number of thiazole rings is 1. The highest BCUT2D eigenvalue weighted by molar-refractivity contribution is 7.22. The van der Waals surface area contributed by atoms with E-state index >= 15 is 0 Å². The van der Waals surface area contributed by atoms with Gasteiger partial charge in [-0.3, -0.25) is 9.80 Å². The molecule has 0 radical (unpaired) electrons. The Hall–Kier alpha value is -1.65. The van der Waals surface area contributed by atoms with E-state index in [9.17, 15) is 0 Å². The molecule has 2 saturated heterocycles. The van der Waals surface area contributed by atoms with Gasteiger partial charge in [0.25, 0.3) is 0 Å². The molecule has 2 aliphatic rings. The number of hydrogen-bond acceptors (Lipinski definition) is 6. The molecular formula is C23H32N4OS. The second kappa shape index (κ2) is 9.90. The van der Waals surface area contributed by atoms with Crippen LogP contribution in [0.25, 0.3) is 10.2 Å². The third kappa shape index (κ3) is 5.49. The molecule has 156 valence electrons. The summed E-state index contributed by atoms with van der Waals surface area (Å²) in [6.45, 7) is 12.5. The zero-order valence-corrected chi connectivity index (χ0v) is 18.5. The minimum atomic E-state index is 0.324. The van der Waals surface area contributed by atoms with Gasteiger partial charge in [0, 0.05) is 45.3 Å². The first-order chi connectivity index (χ1) is 14.2. The van der Waals surface area contributed by atoms with E-state index in [1.165, 1.54) is 4.70 Å². The first kappa shape index (κ1) is 20.6. The summed E-state index contributed by atoms with van der Waals surface area (Å²) in [5.41, 5.74) is 1.10. The Morgan fingerprint density at radius 3 is 2.55 bits per heavy atom. The van der Waals surface area contributed by atoms with Crippen molar-refractivity contribution in [3.8, 4) is 11.8 Å². The highest BCUT2D eigenvalue weighted by atomic mass is 32.1. The highest BCUT2D eigenvalue weighted by Crippen LogP contribution is 2.30. The van der Waals surface area contributed by atoms with Gasteiger partial charge in [0.1, 0.15) is 6.61 Å². The standard InChI is InChI=1S/C23H32N4OS/c1-19(2)26-16-14-25(15-17-26)11-5-6-18-28-20-9-12-27(13-10-20)23-24-21-7-3-4-8-22(21)29-23/h3-4,7-8,19-20H,9-18H2,1-2H3. The molecule has 1 aromatic carbocycles. The van der Waals surface area contributed by atoms with Crippen molar-refractivity contribution in [1.82, 2.24) is 14.8 Å². The van der Waals surface area contributed by atoms with E-state index in [1.807, 2.05) is 0 Å². The molecule has 0 bridgehead atoms. The maximum Gasteiger partial charge on any atom is 0.186 e. The molecule has 3 heterocycles. The fraction of sp³-hybridized carbons (Fsp3) is 0.609. The lowest BCUT2D eigenvalue weighted by Crippen LogP contribution is -2.48. The van der Waals surface area contributed by atoms with Gasteiger partial charge in [-0.05, 0) is 38.8 Å². The fourth-order valence-electron chi connectivity index (χ4n) is 4.03. The quantitative estimate of drug-likeness (QED) is 0.704. The maximum atomic E-state index is 6.02. The predicted octanol–water partition coefficient (Wildman–Crippen LogP) is 3.31. The van der Waals surface area contributed by atoms with Crippen LogP contribution < -0.4 is 4.90 Å². The van der Waals surface area contributed by atoms with E-state index in [0.29, 0.717) is 18.8 Å². The first-order valence-corrected chi connectivity index (χ1v) is 11.6. The van der Waals surface area contributed by atoms with Crippen molar-refractivity contribution in [2.24, 2.45) is 0 Å². The van der Waals surface area contributed by atoms with Gasteiger partial charge in [-0.25, -0.2) is 4.98 Å². The van der Waals surface area contributed by atoms with Gasteiger partial charge in [0.15, 0.2) is 5.13 Å². The second-order valence-corrected chi connectivity index (χ2v) is 9.23. The van der Waals surface area contributed by atoms with Crippen LogP contribution in [0.4, 0.5) is 5.13 Å². The smallest absolute Gasteiger partial charge is 0.186 e. The number of ether oxygens (including phenoxy) is 1. The number of anilines is 1. The molecule has 0 aliphatic carbocycles. The third-order valence-corrected chi connectivity index (χ3v) is 7.05. The number of rotatable bonds is 5. The third-order valence-electron chi connectivity index (χ3n) is 5.95. The Morgan fingerprint density at radius 2 is 1.83 bits per heavy atom. The average Bonchev–Trinajstić information content (AvgIpc) is 3.18. The molecule has 0 N–H and O–H groups in total. The van der Waals surface area contributed by atoms with E-state index in [0.717, 1.165) is 69.3 Å². The summed E-state index contributed by atoms with van der Waals surface area (Å²) in [4.78, 5) is 12.2. The average molecular weight is 413 g/mol. The summed E-state index contributed by atoms with van der Waals surface area (Å²) in [7, 11) is 0. The highest BCUT2D eigenvalue weighted by Gasteiger charge is 2.22. The Balaban J connectivity index is 1.14. The molecule has 6 heteroatoms. The largest absolute Gasteiger partial charge is 0.365 e. The summed E-state index contributed by atoms with van der Waals surface area (Å²) in [6.07, 6.45) is 2.42. The van der Waals surface area contributed by atoms with Crippen LogP contribution in [0, 0.1) is 11.8 Å². The number of piperidine rings is 1. The van der Waals surface area contributed by atoms with E-state index in [-0.39, 0.29) is 0 Å². The SMILES string of the molecule is CC(C)N1CCN(CC#CCOC2CCN(c3nc4ccccc4s3)CC2)CC1. The lowest BCUT2D eigenvalue weighted by molar-refractivity contribution is 0.0594. The van der Waals surface area contributed by atoms with Crippen LogP contribution in [0.1, 0.15) is 26.7 Å². The van der Waals surface area contributed by atoms with Gasteiger partial charge < -0.3 is 9.64 Å². The van der Waals surface area contributed by atoms with Gasteiger partial charge in [-0.15, -0.1) is 0 Å². The van der Waals surface area contributed by atoms with Crippen LogP contribution >= 0.6 is 11.3 Å². The number of benzene rings is 1. The predicted molar refractivity (Wildman–Crippen MR) is 122 cm³/mol. The van der Waals surface area contributed by atoms with Gasteiger partial charge in [0.2, 0.25) is 0 Å². The zero-order valence-electron chi connectivity index (χ0n) is 17.6. The number of aromatic nitrogens is 1. The molecular weight excluding hydrogens is 380 g/mol. The number of hydrogen-bond donors (Lipinski definition) is 0. The van der Waals surface area contributed by atoms with Crippen molar-refractivity contribution in [1.29, 1.82) is 0 Å². The van der Waals surface area contributed by atoms with E-state index in [2.05, 4.69) is 64.7 Å². The topological polar surface area (TPSA) is 31.8 Å². The van der Waals surface area contributed by atoms with E-state index in [4.69, 9.17) is 9.72 Å². The molecule has 0 amide bonds. The van der Waals surface area contributed by atoms with Gasteiger partial charge >= 0.3 is 0 Å². The Kier molecular flexibility index (Phi) is 7.04. The summed E-state index contributed by atoms with van der Waals surface area (Å²) in [5, 5.41) is 1.14.